The van der Waals surface area contributed by atoms with E-state index in [4.69, 9.17) is 11.6 Å². The van der Waals surface area contributed by atoms with Crippen LogP contribution in [-0.4, -0.2) is 26.5 Å². The van der Waals surface area contributed by atoms with E-state index in [9.17, 15) is 4.79 Å². The van der Waals surface area contributed by atoms with E-state index in [1.165, 1.54) is 0 Å². The average Bonchev–Trinajstić information content (AvgIpc) is 2.88. The maximum Gasteiger partial charge on any atom is 0.231 e. The summed E-state index contributed by atoms with van der Waals surface area (Å²) in [5.41, 5.74) is 0.510. The molecule has 2 aromatic rings. The first-order chi connectivity index (χ1) is 9.71. The highest BCUT2D eigenvalue weighted by molar-refractivity contribution is 6.30. The monoisotopic (exact) mass is 291 g/mol. The van der Waals surface area contributed by atoms with Crippen molar-refractivity contribution in [1.82, 2.24) is 25.9 Å². The van der Waals surface area contributed by atoms with Gasteiger partial charge in [0.05, 0.1) is 12.0 Å². The summed E-state index contributed by atoms with van der Waals surface area (Å²) in [4.78, 5) is 12.5. The normalized spacial score (nSPS) is 16.4. The zero-order valence-corrected chi connectivity index (χ0v) is 11.5. The maximum absolute atomic E-state index is 12.5. The Morgan fingerprint density at radius 1 is 1.45 bits per heavy atom. The molecule has 20 heavy (non-hydrogen) atoms. The van der Waals surface area contributed by atoms with Crippen LogP contribution in [0.5, 0.6) is 0 Å². The molecule has 1 fully saturated rings. The Morgan fingerprint density at radius 2 is 2.30 bits per heavy atom. The molecule has 1 aliphatic carbocycles. The molecule has 0 bridgehead atoms. The number of aromatic amines is 1. The number of nitrogens with zero attached hydrogens (tertiary/aromatic N) is 3. The predicted molar refractivity (Wildman–Crippen MR) is 73.0 cm³/mol. The van der Waals surface area contributed by atoms with Crippen LogP contribution in [0.3, 0.4) is 0 Å². The number of H-pyrrole nitrogens is 1. The third-order valence-electron chi connectivity index (χ3n) is 3.82. The van der Waals surface area contributed by atoms with E-state index in [1.807, 2.05) is 24.3 Å². The Kier molecular flexibility index (Phi) is 3.40. The van der Waals surface area contributed by atoms with Crippen molar-refractivity contribution >= 4 is 17.5 Å². The number of amides is 1. The minimum absolute atomic E-state index is 0.00387. The van der Waals surface area contributed by atoms with Crippen molar-refractivity contribution in [1.29, 1.82) is 0 Å². The summed E-state index contributed by atoms with van der Waals surface area (Å²) in [5.74, 6) is 0.467. The summed E-state index contributed by atoms with van der Waals surface area (Å²) < 4.78 is 0. The van der Waals surface area contributed by atoms with Gasteiger partial charge in [-0.05, 0) is 30.5 Å². The maximum atomic E-state index is 12.5. The fourth-order valence-electron chi connectivity index (χ4n) is 2.55. The minimum atomic E-state index is -0.464. The SMILES string of the molecule is O=C(NCc1nn[nH]n1)C1(c2cccc(Cl)c2)CCC1. The molecule has 1 aliphatic rings. The van der Waals surface area contributed by atoms with Gasteiger partial charge in [0, 0.05) is 5.02 Å². The van der Waals surface area contributed by atoms with Gasteiger partial charge in [-0.2, -0.15) is 5.21 Å². The van der Waals surface area contributed by atoms with Gasteiger partial charge in [-0.15, -0.1) is 10.2 Å². The summed E-state index contributed by atoms with van der Waals surface area (Å²) in [7, 11) is 0. The Balaban J connectivity index is 1.76. The summed E-state index contributed by atoms with van der Waals surface area (Å²) >= 11 is 6.03. The lowest BCUT2D eigenvalue weighted by Crippen LogP contribution is -2.49. The molecule has 0 spiro atoms. The van der Waals surface area contributed by atoms with E-state index in [2.05, 4.69) is 25.9 Å². The van der Waals surface area contributed by atoms with E-state index >= 15 is 0 Å². The van der Waals surface area contributed by atoms with Crippen LogP contribution in [0.25, 0.3) is 0 Å². The van der Waals surface area contributed by atoms with Gasteiger partial charge in [0.2, 0.25) is 5.91 Å². The smallest absolute Gasteiger partial charge is 0.231 e. The number of rotatable bonds is 4. The number of benzene rings is 1. The number of halogens is 1. The molecule has 6 nitrogen and oxygen atoms in total. The van der Waals surface area contributed by atoms with Crippen molar-refractivity contribution in [2.45, 2.75) is 31.2 Å². The van der Waals surface area contributed by atoms with Crippen LogP contribution in [-0.2, 0) is 16.8 Å². The van der Waals surface area contributed by atoms with Gasteiger partial charge in [0.15, 0.2) is 5.82 Å². The number of carbonyl (C=O) groups is 1. The van der Waals surface area contributed by atoms with E-state index in [1.54, 1.807) is 0 Å². The lowest BCUT2D eigenvalue weighted by atomic mass is 9.64. The van der Waals surface area contributed by atoms with Crippen molar-refractivity contribution in [2.75, 3.05) is 0 Å². The number of hydrogen-bond donors (Lipinski definition) is 2. The van der Waals surface area contributed by atoms with Crippen molar-refractivity contribution in [3.63, 3.8) is 0 Å². The van der Waals surface area contributed by atoms with Crippen LogP contribution in [0.15, 0.2) is 24.3 Å². The molecular weight excluding hydrogens is 278 g/mol. The summed E-state index contributed by atoms with van der Waals surface area (Å²) in [5, 5.41) is 17.0. The summed E-state index contributed by atoms with van der Waals surface area (Å²) in [6.45, 7) is 0.275. The van der Waals surface area contributed by atoms with Crippen molar-refractivity contribution in [2.24, 2.45) is 0 Å². The second-order valence-corrected chi connectivity index (χ2v) is 5.39. The highest BCUT2D eigenvalue weighted by atomic mass is 35.5. The molecule has 0 unspecified atom stereocenters. The predicted octanol–water partition coefficient (Wildman–Crippen LogP) is 1.59. The van der Waals surface area contributed by atoms with Gasteiger partial charge in [-0.25, -0.2) is 0 Å². The Bertz CT molecular complexity index is 609. The number of hydrogen-bond acceptors (Lipinski definition) is 4. The molecular formula is C13H14ClN5O. The third-order valence-corrected chi connectivity index (χ3v) is 4.05. The summed E-state index contributed by atoms with van der Waals surface area (Å²) in [6.07, 6.45) is 2.72. The van der Waals surface area contributed by atoms with Crippen LogP contribution in [0, 0.1) is 0 Å². The lowest BCUT2D eigenvalue weighted by Gasteiger charge is -2.40. The largest absolute Gasteiger partial charge is 0.348 e. The number of carbonyl (C=O) groups excluding carboxylic acids is 1. The molecule has 1 aromatic carbocycles. The Hall–Kier alpha value is -1.95. The highest BCUT2D eigenvalue weighted by Crippen LogP contribution is 2.44. The van der Waals surface area contributed by atoms with Gasteiger partial charge in [0.1, 0.15) is 0 Å². The molecule has 0 radical (unpaired) electrons. The molecule has 3 rings (SSSR count). The average molecular weight is 292 g/mol. The fraction of sp³-hybridized carbons (Fsp3) is 0.385. The number of tetrazole rings is 1. The Morgan fingerprint density at radius 3 is 2.90 bits per heavy atom. The lowest BCUT2D eigenvalue weighted by molar-refractivity contribution is -0.130. The zero-order chi connectivity index (χ0) is 14.0. The van der Waals surface area contributed by atoms with Gasteiger partial charge < -0.3 is 5.32 Å². The molecule has 0 aliphatic heterocycles. The molecule has 1 amide bonds. The van der Waals surface area contributed by atoms with Gasteiger partial charge in [-0.1, -0.05) is 35.4 Å². The first-order valence-electron chi connectivity index (χ1n) is 6.47. The van der Waals surface area contributed by atoms with Crippen molar-refractivity contribution in [3.8, 4) is 0 Å². The Labute approximate surface area is 120 Å². The first-order valence-corrected chi connectivity index (χ1v) is 6.85. The fourth-order valence-corrected chi connectivity index (χ4v) is 2.74. The van der Waals surface area contributed by atoms with Crippen molar-refractivity contribution < 1.29 is 4.79 Å². The molecule has 0 atom stereocenters. The molecule has 1 aromatic heterocycles. The minimum Gasteiger partial charge on any atom is -0.348 e. The van der Waals surface area contributed by atoms with Crippen LogP contribution < -0.4 is 5.32 Å². The molecule has 1 heterocycles. The molecule has 2 N–H and O–H groups in total. The van der Waals surface area contributed by atoms with Crippen LogP contribution in [0.1, 0.15) is 30.7 Å². The van der Waals surface area contributed by atoms with Crippen LogP contribution in [0.2, 0.25) is 5.02 Å². The van der Waals surface area contributed by atoms with Gasteiger partial charge in [-0.3, -0.25) is 4.79 Å². The highest BCUT2D eigenvalue weighted by Gasteiger charge is 2.45. The first kappa shape index (κ1) is 13.1. The third kappa shape index (κ3) is 2.27. The molecule has 7 heteroatoms. The molecule has 1 saturated carbocycles. The second-order valence-electron chi connectivity index (χ2n) is 4.96. The van der Waals surface area contributed by atoms with Gasteiger partial charge in [0.25, 0.3) is 0 Å². The number of nitrogens with one attached hydrogen (secondary N) is 2. The van der Waals surface area contributed by atoms with E-state index in [0.29, 0.717) is 10.8 Å². The zero-order valence-electron chi connectivity index (χ0n) is 10.8. The topological polar surface area (TPSA) is 83.6 Å². The molecule has 0 saturated heterocycles. The van der Waals surface area contributed by atoms with Crippen LogP contribution in [0.4, 0.5) is 0 Å². The van der Waals surface area contributed by atoms with Crippen LogP contribution >= 0.6 is 11.6 Å². The van der Waals surface area contributed by atoms with E-state index < -0.39 is 5.41 Å². The van der Waals surface area contributed by atoms with E-state index in [-0.39, 0.29) is 12.5 Å². The second kappa shape index (κ2) is 5.20. The molecule has 104 valence electrons. The number of aromatic nitrogens is 4. The van der Waals surface area contributed by atoms with Crippen molar-refractivity contribution in [3.05, 3.63) is 40.7 Å². The van der Waals surface area contributed by atoms with E-state index in [0.717, 1.165) is 24.8 Å². The summed E-state index contributed by atoms with van der Waals surface area (Å²) in [6, 6.07) is 7.52. The quantitative estimate of drug-likeness (QED) is 0.896. The van der Waals surface area contributed by atoms with Gasteiger partial charge >= 0.3 is 0 Å². The standard InChI is InChI=1S/C13H14ClN5O/c14-10-4-1-3-9(7-10)13(5-2-6-13)12(20)15-8-11-16-18-19-17-11/h1,3-4,7H,2,5-6,8H2,(H,15,20)(H,16,17,18,19).